The number of nitrogens with zero attached hydrogens (tertiary/aromatic N) is 1. The highest BCUT2D eigenvalue weighted by molar-refractivity contribution is 5.89. The van der Waals surface area contributed by atoms with E-state index in [2.05, 4.69) is 24.5 Å². The number of amides is 3. The topological polar surface area (TPSA) is 225 Å². The van der Waals surface area contributed by atoms with E-state index in [-0.39, 0.29) is 66.3 Å². The molecular formula is C40H71N3O11. The highest BCUT2D eigenvalue weighted by Crippen LogP contribution is 2.24. The Morgan fingerprint density at radius 1 is 0.574 bits per heavy atom. The first kappa shape index (κ1) is 52.3. The fourth-order valence-corrected chi connectivity index (χ4v) is 6.49. The molecule has 0 bridgehead atoms. The second kappa shape index (κ2) is 30.5. The van der Waals surface area contributed by atoms with Gasteiger partial charge in [-0.15, -0.1) is 0 Å². The number of rotatable bonds is 25. The minimum absolute atomic E-state index is 0.0185. The first-order valence-corrected chi connectivity index (χ1v) is 20.0. The Kier molecular flexibility index (Phi) is 29.5. The zero-order valence-electron chi connectivity index (χ0n) is 34.2. The molecule has 14 heteroatoms. The Bertz CT molecular complexity index is 1160. The van der Waals surface area contributed by atoms with Crippen molar-refractivity contribution in [2.75, 3.05) is 6.54 Å². The molecule has 54 heavy (non-hydrogen) atoms. The van der Waals surface area contributed by atoms with Crippen LogP contribution in [0.15, 0.2) is 0 Å². The van der Waals surface area contributed by atoms with E-state index in [1.807, 2.05) is 27.7 Å². The summed E-state index contributed by atoms with van der Waals surface area (Å²) in [6.45, 7) is 15.4. The van der Waals surface area contributed by atoms with E-state index < -0.39 is 36.0 Å². The molecule has 1 aliphatic rings. The summed E-state index contributed by atoms with van der Waals surface area (Å²) in [5.74, 6) is -4.10. The molecule has 1 aliphatic heterocycles. The van der Waals surface area contributed by atoms with Crippen LogP contribution in [0.25, 0.3) is 0 Å². The van der Waals surface area contributed by atoms with Crippen LogP contribution < -0.4 is 10.6 Å². The monoisotopic (exact) mass is 770 g/mol. The number of carboxylic acids is 3. The van der Waals surface area contributed by atoms with Crippen LogP contribution >= 0.6 is 0 Å². The fourth-order valence-electron chi connectivity index (χ4n) is 6.49. The van der Waals surface area contributed by atoms with Crippen molar-refractivity contribution in [2.45, 2.75) is 183 Å². The summed E-state index contributed by atoms with van der Waals surface area (Å²) in [6, 6.07) is -2.66. The van der Waals surface area contributed by atoms with Gasteiger partial charge in [0.05, 0.1) is 0 Å². The van der Waals surface area contributed by atoms with Gasteiger partial charge in [0, 0.05) is 37.1 Å². The van der Waals surface area contributed by atoms with Crippen LogP contribution in [0.5, 0.6) is 0 Å². The van der Waals surface area contributed by atoms with Crippen LogP contribution in [0.3, 0.4) is 0 Å². The Morgan fingerprint density at radius 3 is 1.30 bits per heavy atom. The van der Waals surface area contributed by atoms with Gasteiger partial charge < -0.3 is 35.6 Å². The Labute approximate surface area is 323 Å². The van der Waals surface area contributed by atoms with Gasteiger partial charge in [0.1, 0.15) is 29.7 Å². The van der Waals surface area contributed by atoms with E-state index in [9.17, 15) is 38.4 Å². The van der Waals surface area contributed by atoms with Gasteiger partial charge in [-0.2, -0.15) is 0 Å². The lowest BCUT2D eigenvalue weighted by molar-refractivity contribution is -0.150. The number of nitrogens with one attached hydrogen (secondary N) is 2. The van der Waals surface area contributed by atoms with Crippen LogP contribution in [0.2, 0.25) is 0 Å². The summed E-state index contributed by atoms with van der Waals surface area (Å²) in [6.07, 6.45) is 11.8. The number of hydrogen-bond acceptors (Lipinski definition) is 8. The maximum atomic E-state index is 12.3. The molecule has 3 atom stereocenters. The highest BCUT2D eigenvalue weighted by atomic mass is 16.4. The number of ketones is 2. The van der Waals surface area contributed by atoms with Crippen molar-refractivity contribution in [2.24, 2.45) is 17.8 Å². The van der Waals surface area contributed by atoms with Crippen LogP contribution in [-0.4, -0.2) is 92.1 Å². The van der Waals surface area contributed by atoms with Crippen LogP contribution in [0, 0.1) is 17.8 Å². The Hall–Kier alpha value is -3.84. The number of Topliss-reactive ketones (excluding diaryl/α,β-unsaturated/α-hetero) is 2. The van der Waals surface area contributed by atoms with E-state index in [1.54, 1.807) is 4.90 Å². The average Bonchev–Trinajstić information content (AvgIpc) is 3.60. The summed E-state index contributed by atoms with van der Waals surface area (Å²) in [7, 11) is 0. The molecule has 5 N–H and O–H groups in total. The first-order valence-electron chi connectivity index (χ1n) is 20.0. The summed E-state index contributed by atoms with van der Waals surface area (Å²) < 4.78 is 0. The molecule has 14 nitrogen and oxygen atoms in total. The minimum Gasteiger partial charge on any atom is -0.480 e. The molecule has 1 fully saturated rings. The molecule has 1 heterocycles. The predicted octanol–water partition coefficient (Wildman–Crippen LogP) is 6.17. The number of aliphatic carboxylic acids is 3. The molecule has 1 rings (SSSR count). The maximum Gasteiger partial charge on any atom is 0.326 e. The number of carbonyl (C=O) groups is 8. The lowest BCUT2D eigenvalue weighted by Gasteiger charge is -2.26. The van der Waals surface area contributed by atoms with E-state index >= 15 is 0 Å². The molecule has 0 radical (unpaired) electrons. The molecular weight excluding hydrogens is 698 g/mol. The third-order valence-electron chi connectivity index (χ3n) is 9.24. The van der Waals surface area contributed by atoms with Gasteiger partial charge in [0.2, 0.25) is 17.7 Å². The van der Waals surface area contributed by atoms with E-state index in [0.717, 1.165) is 83.5 Å². The number of hydrogen-bond donors (Lipinski definition) is 5. The zero-order chi connectivity index (χ0) is 41.8. The second-order valence-electron chi connectivity index (χ2n) is 14.3. The van der Waals surface area contributed by atoms with Crippen molar-refractivity contribution in [3.05, 3.63) is 0 Å². The lowest BCUT2D eigenvalue weighted by atomic mass is 9.96. The van der Waals surface area contributed by atoms with Crippen molar-refractivity contribution in [1.82, 2.24) is 15.5 Å². The molecule has 0 aromatic heterocycles. The number of likely N-dealkylation sites (tertiary alicyclic amines) is 1. The van der Waals surface area contributed by atoms with Gasteiger partial charge in [-0.25, -0.2) is 14.4 Å². The minimum atomic E-state index is -1.16. The summed E-state index contributed by atoms with van der Waals surface area (Å²) in [5, 5.41) is 32.1. The fraction of sp³-hybridized carbons (Fsp3) is 0.800. The summed E-state index contributed by atoms with van der Waals surface area (Å²) >= 11 is 0. The third kappa shape index (κ3) is 22.4. The lowest BCUT2D eigenvalue weighted by Crippen LogP contribution is -2.44. The van der Waals surface area contributed by atoms with E-state index in [1.165, 1.54) is 13.8 Å². The molecule has 0 spiro atoms. The maximum absolute atomic E-state index is 12.3. The average molecular weight is 770 g/mol. The van der Waals surface area contributed by atoms with E-state index in [4.69, 9.17) is 15.3 Å². The van der Waals surface area contributed by atoms with Crippen LogP contribution in [0.4, 0.5) is 0 Å². The molecule has 1 saturated heterocycles. The van der Waals surface area contributed by atoms with Crippen LogP contribution in [0.1, 0.15) is 165 Å². The number of carbonyl (C=O) groups excluding carboxylic acids is 5. The molecule has 3 amide bonds. The molecule has 0 saturated carbocycles. The van der Waals surface area contributed by atoms with Gasteiger partial charge in [0.25, 0.3) is 0 Å². The first-order chi connectivity index (χ1) is 25.4. The molecule has 0 aromatic rings. The molecule has 0 unspecified atom stereocenters. The van der Waals surface area contributed by atoms with Crippen molar-refractivity contribution in [3.8, 4) is 0 Å². The predicted molar refractivity (Wildman–Crippen MR) is 207 cm³/mol. The molecule has 0 aromatic carbocycles. The van der Waals surface area contributed by atoms with Gasteiger partial charge in [-0.05, 0) is 71.6 Å². The third-order valence-corrected chi connectivity index (χ3v) is 9.24. The SMILES string of the molecule is CCCC(CCC)C(=O)N1CCC[C@H]1C(=O)O.CCCC(CCC)C(=O)N[C@@H](CC(C)=O)C(=O)O.CCCC(CCC)C(=O)N[C@@H](CCC(C)=O)C(=O)O. The second-order valence-corrected chi connectivity index (χ2v) is 14.3. The highest BCUT2D eigenvalue weighted by Gasteiger charge is 2.36. The van der Waals surface area contributed by atoms with Gasteiger partial charge in [-0.1, -0.05) is 80.1 Å². The Morgan fingerprint density at radius 2 is 0.963 bits per heavy atom. The van der Waals surface area contributed by atoms with Gasteiger partial charge in [0.15, 0.2) is 0 Å². The standard InChI is InChI=1S/C14H25NO4.C13H23NO4.C13H23NO3/c1-4-6-11(7-5-2)13(17)15-12(14(18)19)9-8-10(3)16;1-4-6-10(7-5-2)12(16)14-11(13(17)18)8-9(3)15;1-3-6-10(7-4-2)12(15)14-9-5-8-11(14)13(16)17/h11-12H,4-9H2,1-3H3,(H,15,17)(H,18,19);10-11H,4-8H2,1-3H3,(H,14,16)(H,17,18);10-11H,3-9H2,1-2H3,(H,16,17)/t12-;2*11-/m000/s1. The normalized spacial score (nSPS) is 14.6. The quantitative estimate of drug-likeness (QED) is 0.0706. The smallest absolute Gasteiger partial charge is 0.326 e. The summed E-state index contributed by atoms with van der Waals surface area (Å²) in [5.41, 5.74) is 0. The van der Waals surface area contributed by atoms with Crippen molar-refractivity contribution >= 4 is 47.2 Å². The molecule has 0 aliphatic carbocycles. The van der Waals surface area contributed by atoms with E-state index in [0.29, 0.717) is 13.0 Å². The van der Waals surface area contributed by atoms with Crippen molar-refractivity contribution in [3.63, 3.8) is 0 Å². The Balaban J connectivity index is 0. The largest absolute Gasteiger partial charge is 0.480 e. The summed E-state index contributed by atoms with van der Waals surface area (Å²) in [4.78, 5) is 92.7. The van der Waals surface area contributed by atoms with Gasteiger partial charge in [-0.3, -0.25) is 19.2 Å². The van der Waals surface area contributed by atoms with Crippen molar-refractivity contribution < 1.29 is 53.7 Å². The van der Waals surface area contributed by atoms with Crippen molar-refractivity contribution in [1.29, 1.82) is 0 Å². The molecule has 312 valence electrons. The van der Waals surface area contributed by atoms with Gasteiger partial charge >= 0.3 is 17.9 Å². The van der Waals surface area contributed by atoms with Crippen LogP contribution in [-0.2, 0) is 38.4 Å². The number of carboxylic acid groups (broad SMARTS) is 3. The zero-order valence-corrected chi connectivity index (χ0v) is 34.2.